The minimum atomic E-state index is -1.13. The van der Waals surface area contributed by atoms with Crippen molar-refractivity contribution < 1.29 is 14.8 Å². The zero-order chi connectivity index (χ0) is 10.0. The molecule has 1 rings (SSSR count). The molecule has 0 bridgehead atoms. The van der Waals surface area contributed by atoms with Gasteiger partial charge in [0.1, 0.15) is 11.3 Å². The van der Waals surface area contributed by atoms with Gasteiger partial charge >= 0.3 is 11.8 Å². The van der Waals surface area contributed by atoms with Gasteiger partial charge in [0.25, 0.3) is 0 Å². The molecule has 0 aliphatic carbocycles. The van der Waals surface area contributed by atoms with Crippen LogP contribution in [0.2, 0.25) is 0 Å². The lowest BCUT2D eigenvalue weighted by Crippen LogP contribution is -2.15. The fourth-order valence-electron chi connectivity index (χ4n) is 0.653. The number of rotatable bonds is 3. The number of hydrogen-bond acceptors (Lipinski definition) is 5. The first-order chi connectivity index (χ1) is 6.02. The molecule has 0 saturated heterocycles. The summed E-state index contributed by atoms with van der Waals surface area (Å²) in [5.74, 6) is -1.59. The molecule has 0 radical (unpaired) electrons. The number of nitrogens with zero attached hydrogens (tertiary/aromatic N) is 4. The smallest absolute Gasteiger partial charge is 0.410 e. The standard InChI is InChI=1S/C5H6N4O4/c1-3(5(10)11)8-2-4(6-7-8)9(12)13/h2-3H,1H3,(H,10,11). The van der Waals surface area contributed by atoms with E-state index in [1.165, 1.54) is 6.92 Å². The molecule has 0 saturated carbocycles. The summed E-state index contributed by atoms with van der Waals surface area (Å²) < 4.78 is 0.917. The molecule has 0 fully saturated rings. The third kappa shape index (κ3) is 1.78. The van der Waals surface area contributed by atoms with Gasteiger partial charge in [-0.2, -0.15) is 0 Å². The number of nitro groups is 1. The van der Waals surface area contributed by atoms with E-state index < -0.39 is 22.8 Å². The van der Waals surface area contributed by atoms with Crippen molar-refractivity contribution in [1.29, 1.82) is 0 Å². The van der Waals surface area contributed by atoms with E-state index in [4.69, 9.17) is 5.11 Å². The minimum Gasteiger partial charge on any atom is -0.480 e. The van der Waals surface area contributed by atoms with Crippen LogP contribution < -0.4 is 0 Å². The van der Waals surface area contributed by atoms with Crippen LogP contribution >= 0.6 is 0 Å². The second-order valence-electron chi connectivity index (χ2n) is 2.33. The summed E-state index contributed by atoms with van der Waals surface area (Å²) in [6.45, 7) is 1.35. The Kier molecular flexibility index (Phi) is 2.22. The minimum absolute atomic E-state index is 0.465. The molecular weight excluding hydrogens is 180 g/mol. The first-order valence-corrected chi connectivity index (χ1v) is 3.31. The van der Waals surface area contributed by atoms with Crippen molar-refractivity contribution in [1.82, 2.24) is 15.0 Å². The summed E-state index contributed by atoms with van der Waals surface area (Å²) in [6.07, 6.45) is 0.971. The molecule has 0 spiro atoms. The largest absolute Gasteiger partial charge is 0.480 e. The molecule has 1 unspecified atom stereocenters. The SMILES string of the molecule is CC(C(=O)O)n1cc([N+](=O)[O-])nn1. The Balaban J connectivity index is 2.91. The average molecular weight is 186 g/mol. The van der Waals surface area contributed by atoms with Crippen molar-refractivity contribution >= 4 is 11.8 Å². The van der Waals surface area contributed by atoms with Crippen LogP contribution in [0.25, 0.3) is 0 Å². The maximum absolute atomic E-state index is 10.4. The molecule has 1 N–H and O–H groups in total. The fourth-order valence-corrected chi connectivity index (χ4v) is 0.653. The molecular formula is C5H6N4O4. The number of hydrogen-bond donors (Lipinski definition) is 1. The molecule has 8 nitrogen and oxygen atoms in total. The summed E-state index contributed by atoms with van der Waals surface area (Å²) in [5, 5.41) is 25.1. The third-order valence-electron chi connectivity index (χ3n) is 1.44. The van der Waals surface area contributed by atoms with Crippen LogP contribution in [0.3, 0.4) is 0 Å². The highest BCUT2D eigenvalue weighted by Crippen LogP contribution is 2.08. The van der Waals surface area contributed by atoms with Crippen molar-refractivity contribution in [2.75, 3.05) is 0 Å². The fraction of sp³-hybridized carbons (Fsp3) is 0.400. The summed E-state index contributed by atoms with van der Waals surface area (Å²) in [7, 11) is 0. The highest BCUT2D eigenvalue weighted by molar-refractivity contribution is 5.71. The monoisotopic (exact) mass is 186 g/mol. The Bertz CT molecular complexity index is 346. The predicted molar refractivity (Wildman–Crippen MR) is 39.0 cm³/mol. The number of aliphatic carboxylic acids is 1. The molecule has 70 valence electrons. The average Bonchev–Trinajstić information content (AvgIpc) is 2.50. The van der Waals surface area contributed by atoms with Crippen molar-refractivity contribution in [3.63, 3.8) is 0 Å². The number of carboxylic acids is 1. The van der Waals surface area contributed by atoms with Crippen LogP contribution in [-0.2, 0) is 4.79 Å². The first-order valence-electron chi connectivity index (χ1n) is 3.31. The van der Waals surface area contributed by atoms with Gasteiger partial charge in [-0.3, -0.25) is 0 Å². The summed E-state index contributed by atoms with van der Waals surface area (Å²) >= 11 is 0. The number of carboxylic acid groups (broad SMARTS) is 1. The second-order valence-corrected chi connectivity index (χ2v) is 2.33. The van der Waals surface area contributed by atoms with E-state index in [0.29, 0.717) is 0 Å². The van der Waals surface area contributed by atoms with Gasteiger partial charge in [-0.15, -0.1) is 0 Å². The Labute approximate surface area is 71.9 Å². The van der Waals surface area contributed by atoms with E-state index in [1.807, 2.05) is 0 Å². The quantitative estimate of drug-likeness (QED) is 0.518. The summed E-state index contributed by atoms with van der Waals surface area (Å²) in [4.78, 5) is 19.8. The normalized spacial score (nSPS) is 12.4. The molecule has 13 heavy (non-hydrogen) atoms. The summed E-state index contributed by atoms with van der Waals surface area (Å²) in [6, 6.07) is -0.957. The summed E-state index contributed by atoms with van der Waals surface area (Å²) in [5.41, 5.74) is 0. The van der Waals surface area contributed by atoms with Crippen LogP contribution in [0.5, 0.6) is 0 Å². The van der Waals surface area contributed by atoms with Crippen molar-refractivity contribution in [3.8, 4) is 0 Å². The van der Waals surface area contributed by atoms with Crippen molar-refractivity contribution in [2.24, 2.45) is 0 Å². The van der Waals surface area contributed by atoms with Gasteiger partial charge in [-0.05, 0) is 11.8 Å². The van der Waals surface area contributed by atoms with E-state index in [2.05, 4.69) is 10.3 Å². The number of carbonyl (C=O) groups is 1. The molecule has 8 heteroatoms. The van der Waals surface area contributed by atoms with Gasteiger partial charge in [0.2, 0.25) is 0 Å². The highest BCUT2D eigenvalue weighted by atomic mass is 16.6. The van der Waals surface area contributed by atoms with E-state index in [0.717, 1.165) is 10.9 Å². The van der Waals surface area contributed by atoms with Crippen LogP contribution in [0.15, 0.2) is 6.20 Å². The molecule has 1 aromatic heterocycles. The highest BCUT2D eigenvalue weighted by Gasteiger charge is 2.20. The van der Waals surface area contributed by atoms with Crippen LogP contribution in [0.4, 0.5) is 5.82 Å². The van der Waals surface area contributed by atoms with Gasteiger partial charge in [-0.1, -0.05) is 0 Å². The maximum Gasteiger partial charge on any atom is 0.410 e. The lowest BCUT2D eigenvalue weighted by molar-refractivity contribution is -0.389. The maximum atomic E-state index is 10.4. The molecule has 1 heterocycles. The second kappa shape index (κ2) is 3.17. The van der Waals surface area contributed by atoms with Gasteiger partial charge in [0.05, 0.1) is 5.21 Å². The Hall–Kier alpha value is -1.99. The zero-order valence-electron chi connectivity index (χ0n) is 6.62. The first kappa shape index (κ1) is 9.10. The third-order valence-corrected chi connectivity index (χ3v) is 1.44. The Morgan fingerprint density at radius 2 is 2.46 bits per heavy atom. The molecule has 0 aliphatic rings. The van der Waals surface area contributed by atoms with Gasteiger partial charge < -0.3 is 15.2 Å². The number of aromatic nitrogens is 3. The topological polar surface area (TPSA) is 111 Å². The van der Waals surface area contributed by atoms with E-state index >= 15 is 0 Å². The van der Waals surface area contributed by atoms with Gasteiger partial charge in [-0.25, -0.2) is 9.48 Å². The van der Waals surface area contributed by atoms with E-state index in [9.17, 15) is 14.9 Å². The Morgan fingerprint density at radius 3 is 2.85 bits per heavy atom. The Morgan fingerprint density at radius 1 is 1.85 bits per heavy atom. The van der Waals surface area contributed by atoms with E-state index in [1.54, 1.807) is 0 Å². The molecule has 0 aromatic carbocycles. The predicted octanol–water partition coefficient (Wildman–Crippen LogP) is -0.168. The molecule has 0 amide bonds. The van der Waals surface area contributed by atoms with Gasteiger partial charge in [0, 0.05) is 0 Å². The zero-order valence-corrected chi connectivity index (χ0v) is 6.62. The lowest BCUT2D eigenvalue weighted by atomic mass is 10.3. The van der Waals surface area contributed by atoms with Crippen LogP contribution in [-0.4, -0.2) is 31.0 Å². The van der Waals surface area contributed by atoms with E-state index in [-0.39, 0.29) is 0 Å². The molecule has 1 atom stereocenters. The molecule has 0 aliphatic heterocycles. The molecule has 1 aromatic rings. The van der Waals surface area contributed by atoms with Crippen molar-refractivity contribution in [3.05, 3.63) is 16.3 Å². The lowest BCUT2D eigenvalue weighted by Gasteiger charge is -2.01. The van der Waals surface area contributed by atoms with Crippen molar-refractivity contribution in [2.45, 2.75) is 13.0 Å². The van der Waals surface area contributed by atoms with Gasteiger partial charge in [0.15, 0.2) is 6.04 Å². The van der Waals surface area contributed by atoms with Crippen LogP contribution in [0, 0.1) is 10.1 Å². The van der Waals surface area contributed by atoms with Crippen LogP contribution in [0.1, 0.15) is 13.0 Å².